The Balaban J connectivity index is 4.12. The Kier molecular flexibility index (Phi) is 10.1. The molecule has 0 aromatic carbocycles. The van der Waals surface area contributed by atoms with E-state index in [0.717, 1.165) is 12.8 Å². The van der Waals surface area contributed by atoms with E-state index < -0.39 is 12.1 Å². The zero-order valence-corrected chi connectivity index (χ0v) is 14.3. The van der Waals surface area contributed by atoms with Gasteiger partial charge in [0, 0.05) is 13.1 Å². The maximum atomic E-state index is 11.5. The van der Waals surface area contributed by atoms with Crippen LogP contribution < -0.4 is 27.4 Å². The van der Waals surface area contributed by atoms with Gasteiger partial charge in [0.1, 0.15) is 0 Å². The SMILES string of the molecule is CC(C)CCN=C(N)NC(=O)NC(=O)NC(N)=NCCC(C)C. The maximum Gasteiger partial charge on any atom is 0.329 e. The first-order valence-corrected chi connectivity index (χ1v) is 7.69. The summed E-state index contributed by atoms with van der Waals surface area (Å²) in [4.78, 5) is 31.0. The van der Waals surface area contributed by atoms with E-state index in [0.29, 0.717) is 24.9 Å². The highest BCUT2D eigenvalue weighted by Gasteiger charge is 2.09. The molecule has 0 atom stereocenters. The van der Waals surface area contributed by atoms with Gasteiger partial charge in [-0.2, -0.15) is 0 Å². The lowest BCUT2D eigenvalue weighted by molar-refractivity contribution is 0.232. The van der Waals surface area contributed by atoms with E-state index in [4.69, 9.17) is 11.5 Å². The van der Waals surface area contributed by atoms with Crippen molar-refractivity contribution >= 4 is 24.0 Å². The molecule has 9 nitrogen and oxygen atoms in total. The van der Waals surface area contributed by atoms with Crippen molar-refractivity contribution in [3.8, 4) is 0 Å². The molecule has 4 amide bonds. The first-order chi connectivity index (χ1) is 10.7. The average Bonchev–Trinajstić information content (AvgIpc) is 2.36. The molecular weight excluding hydrogens is 298 g/mol. The van der Waals surface area contributed by atoms with E-state index in [1.807, 2.05) is 5.32 Å². The molecule has 0 aromatic heterocycles. The van der Waals surface area contributed by atoms with Gasteiger partial charge in [0.2, 0.25) is 0 Å². The number of nitrogens with one attached hydrogen (secondary N) is 3. The number of imide groups is 1. The first-order valence-electron chi connectivity index (χ1n) is 7.69. The molecule has 23 heavy (non-hydrogen) atoms. The van der Waals surface area contributed by atoms with Crippen LogP contribution in [0.25, 0.3) is 0 Å². The van der Waals surface area contributed by atoms with Crippen molar-refractivity contribution in [2.24, 2.45) is 33.3 Å². The maximum absolute atomic E-state index is 11.5. The number of carbonyl (C=O) groups excluding carboxylic acids is 2. The summed E-state index contributed by atoms with van der Waals surface area (Å²) in [5.41, 5.74) is 11.1. The van der Waals surface area contributed by atoms with E-state index >= 15 is 0 Å². The summed E-state index contributed by atoms with van der Waals surface area (Å²) in [6.07, 6.45) is 1.71. The fourth-order valence-electron chi connectivity index (χ4n) is 1.36. The van der Waals surface area contributed by atoms with Crippen molar-refractivity contribution in [2.75, 3.05) is 13.1 Å². The number of rotatable bonds is 6. The Morgan fingerprint density at radius 2 is 1.13 bits per heavy atom. The number of aliphatic imine (C=N–C) groups is 2. The van der Waals surface area contributed by atoms with Crippen molar-refractivity contribution in [1.82, 2.24) is 16.0 Å². The normalized spacial score (nSPS) is 12.4. The largest absolute Gasteiger partial charge is 0.370 e. The van der Waals surface area contributed by atoms with Crippen molar-refractivity contribution in [2.45, 2.75) is 40.5 Å². The van der Waals surface area contributed by atoms with Gasteiger partial charge in [-0.05, 0) is 24.7 Å². The van der Waals surface area contributed by atoms with Crippen LogP contribution in [0, 0.1) is 11.8 Å². The lowest BCUT2D eigenvalue weighted by Gasteiger charge is -2.08. The highest BCUT2D eigenvalue weighted by molar-refractivity contribution is 6.06. The zero-order chi connectivity index (χ0) is 17.8. The first kappa shape index (κ1) is 20.7. The molecule has 0 bridgehead atoms. The summed E-state index contributed by atoms with van der Waals surface area (Å²) in [6, 6.07) is -1.58. The number of nitrogens with zero attached hydrogens (tertiary/aromatic N) is 2. The summed E-state index contributed by atoms with van der Waals surface area (Å²) >= 11 is 0. The fourth-order valence-corrected chi connectivity index (χ4v) is 1.36. The zero-order valence-electron chi connectivity index (χ0n) is 14.3. The van der Waals surface area contributed by atoms with Crippen LogP contribution in [0.2, 0.25) is 0 Å². The molecule has 0 unspecified atom stereocenters. The molecule has 0 radical (unpaired) electrons. The van der Waals surface area contributed by atoms with Crippen LogP contribution in [-0.4, -0.2) is 37.1 Å². The number of urea groups is 2. The summed E-state index contributed by atoms with van der Waals surface area (Å²) in [6.45, 7) is 9.25. The number of guanidine groups is 2. The van der Waals surface area contributed by atoms with E-state index in [2.05, 4.69) is 48.3 Å². The summed E-state index contributed by atoms with van der Waals surface area (Å²) in [5, 5.41) is 6.52. The third-order valence-corrected chi connectivity index (χ3v) is 2.69. The van der Waals surface area contributed by atoms with Crippen molar-refractivity contribution < 1.29 is 9.59 Å². The van der Waals surface area contributed by atoms with Crippen molar-refractivity contribution in [3.63, 3.8) is 0 Å². The fraction of sp³-hybridized carbons (Fsp3) is 0.714. The molecule has 0 spiro atoms. The quantitative estimate of drug-likeness (QED) is 0.361. The molecular formula is C14H29N7O2. The molecule has 0 saturated heterocycles. The van der Waals surface area contributed by atoms with Gasteiger partial charge < -0.3 is 11.5 Å². The Hall–Kier alpha value is -2.32. The minimum Gasteiger partial charge on any atom is -0.370 e. The van der Waals surface area contributed by atoms with Crippen LogP contribution in [0.1, 0.15) is 40.5 Å². The van der Waals surface area contributed by atoms with Crippen molar-refractivity contribution in [3.05, 3.63) is 0 Å². The van der Waals surface area contributed by atoms with E-state index in [1.165, 1.54) is 0 Å². The highest BCUT2D eigenvalue weighted by atomic mass is 16.2. The molecule has 0 aliphatic rings. The number of carbonyl (C=O) groups is 2. The minimum atomic E-state index is -0.789. The number of hydrogen-bond donors (Lipinski definition) is 5. The van der Waals surface area contributed by atoms with Crippen LogP contribution >= 0.6 is 0 Å². The highest BCUT2D eigenvalue weighted by Crippen LogP contribution is 1.98. The second-order valence-electron chi connectivity index (χ2n) is 5.93. The predicted molar refractivity (Wildman–Crippen MR) is 92.1 cm³/mol. The van der Waals surface area contributed by atoms with Gasteiger partial charge in [-0.15, -0.1) is 0 Å². The molecule has 0 rings (SSSR count). The van der Waals surface area contributed by atoms with Crippen LogP contribution in [0.5, 0.6) is 0 Å². The molecule has 132 valence electrons. The lowest BCUT2D eigenvalue weighted by atomic mass is 10.1. The topological polar surface area (TPSA) is 147 Å². The van der Waals surface area contributed by atoms with Crippen LogP contribution in [0.4, 0.5) is 9.59 Å². The summed E-state index contributed by atoms with van der Waals surface area (Å²) in [5.74, 6) is 0.886. The van der Waals surface area contributed by atoms with Gasteiger partial charge in [0.25, 0.3) is 0 Å². The third-order valence-electron chi connectivity index (χ3n) is 2.69. The second-order valence-corrected chi connectivity index (χ2v) is 5.93. The molecule has 0 aliphatic heterocycles. The monoisotopic (exact) mass is 327 g/mol. The summed E-state index contributed by atoms with van der Waals surface area (Å²) in [7, 11) is 0. The Morgan fingerprint density at radius 1 is 0.783 bits per heavy atom. The van der Waals surface area contributed by atoms with Gasteiger partial charge in [-0.3, -0.25) is 25.9 Å². The van der Waals surface area contributed by atoms with E-state index in [9.17, 15) is 9.59 Å². The van der Waals surface area contributed by atoms with Gasteiger partial charge in [0.15, 0.2) is 11.9 Å². The average molecular weight is 327 g/mol. The molecule has 0 aromatic rings. The standard InChI is InChI=1S/C14H29N7O2/c1-9(2)5-7-17-11(15)19-13(22)21-14(23)20-12(16)18-8-6-10(3)4/h9-10H,5-8H2,1-4H3,(H7,15,16,17,18,19,20,21,22,23). The van der Waals surface area contributed by atoms with Crippen LogP contribution in [0.15, 0.2) is 9.98 Å². The van der Waals surface area contributed by atoms with Crippen molar-refractivity contribution in [1.29, 1.82) is 0 Å². The second kappa shape index (κ2) is 11.3. The number of nitrogens with two attached hydrogens (primary N) is 2. The Morgan fingerprint density at radius 3 is 1.43 bits per heavy atom. The Bertz CT molecular complexity index is 404. The third kappa shape index (κ3) is 13.1. The van der Waals surface area contributed by atoms with Gasteiger partial charge in [-0.25, -0.2) is 9.59 Å². The molecule has 0 saturated carbocycles. The molecule has 9 heteroatoms. The number of amides is 4. The molecule has 0 fully saturated rings. The van der Waals surface area contributed by atoms with Gasteiger partial charge in [0.05, 0.1) is 0 Å². The van der Waals surface area contributed by atoms with Gasteiger partial charge in [-0.1, -0.05) is 27.7 Å². The van der Waals surface area contributed by atoms with Crippen LogP contribution in [-0.2, 0) is 0 Å². The van der Waals surface area contributed by atoms with Gasteiger partial charge >= 0.3 is 12.1 Å². The minimum absolute atomic E-state index is 0.0467. The lowest BCUT2D eigenvalue weighted by Crippen LogP contribution is -2.51. The van der Waals surface area contributed by atoms with E-state index in [-0.39, 0.29) is 11.9 Å². The predicted octanol–water partition coefficient (Wildman–Crippen LogP) is 0.717. The molecule has 0 heterocycles. The van der Waals surface area contributed by atoms with Crippen LogP contribution in [0.3, 0.4) is 0 Å². The Labute approximate surface area is 137 Å². The molecule has 7 N–H and O–H groups in total. The summed E-state index contributed by atoms with van der Waals surface area (Å²) < 4.78 is 0. The smallest absolute Gasteiger partial charge is 0.329 e. The van der Waals surface area contributed by atoms with E-state index in [1.54, 1.807) is 0 Å². The molecule has 0 aliphatic carbocycles. The number of hydrogen-bond acceptors (Lipinski definition) is 4.